The zero-order valence-electron chi connectivity index (χ0n) is 23.4. The normalized spacial score (nSPS) is 15.3. The van der Waals surface area contributed by atoms with Crippen LogP contribution in [0, 0.1) is 0 Å². The van der Waals surface area contributed by atoms with Crippen LogP contribution in [0.25, 0.3) is 27.6 Å². The van der Waals surface area contributed by atoms with Crippen LogP contribution >= 0.6 is 11.3 Å². The molecule has 0 saturated heterocycles. The van der Waals surface area contributed by atoms with Crippen LogP contribution in [0.1, 0.15) is 44.9 Å². The SMILES string of the molecule is CCOC(=O)C1=C(C)N=c2s/c(=C\c3c4ccccc4cc4ccccc34)c(=O)n2[C@H]1c1ccc(OC(C)C)cc1. The number of esters is 1. The van der Waals surface area contributed by atoms with E-state index in [4.69, 9.17) is 14.5 Å². The van der Waals surface area contributed by atoms with E-state index in [-0.39, 0.29) is 18.3 Å². The van der Waals surface area contributed by atoms with E-state index in [1.807, 2.05) is 68.5 Å². The molecule has 41 heavy (non-hydrogen) atoms. The lowest BCUT2D eigenvalue weighted by Gasteiger charge is -2.25. The Hall–Kier alpha value is -4.49. The summed E-state index contributed by atoms with van der Waals surface area (Å²) >= 11 is 1.33. The number of hydrogen-bond acceptors (Lipinski definition) is 6. The molecule has 0 radical (unpaired) electrons. The number of carbonyl (C=O) groups excluding carboxylic acids is 1. The fourth-order valence-electron chi connectivity index (χ4n) is 5.44. The minimum Gasteiger partial charge on any atom is -0.491 e. The smallest absolute Gasteiger partial charge is 0.338 e. The molecule has 4 aromatic carbocycles. The van der Waals surface area contributed by atoms with Crippen molar-refractivity contribution in [1.29, 1.82) is 0 Å². The van der Waals surface area contributed by atoms with Gasteiger partial charge in [0.25, 0.3) is 5.56 Å². The van der Waals surface area contributed by atoms with Gasteiger partial charge in [0.15, 0.2) is 4.80 Å². The molecule has 0 spiro atoms. The molecular formula is C34H30N2O4S. The standard InChI is InChI=1S/C34H30N2O4S/c1-5-39-33(38)30-21(4)35-34-36(31(30)22-14-16-25(17-15-22)40-20(2)3)32(37)29(41-34)19-28-26-12-8-6-10-23(26)18-24-11-7-9-13-27(24)28/h6-20,31H,5H2,1-4H3/b29-19-/t31-/m0/s1. The van der Waals surface area contributed by atoms with Crippen molar-refractivity contribution in [2.75, 3.05) is 6.61 Å². The molecule has 0 amide bonds. The summed E-state index contributed by atoms with van der Waals surface area (Å²) in [6.07, 6.45) is 2.00. The third kappa shape index (κ3) is 4.87. The Morgan fingerprint density at radius 2 is 1.63 bits per heavy atom. The van der Waals surface area contributed by atoms with Crippen molar-refractivity contribution < 1.29 is 14.3 Å². The number of nitrogens with zero attached hydrogens (tertiary/aromatic N) is 2. The molecule has 1 atom stereocenters. The maximum atomic E-state index is 14.2. The molecule has 0 aliphatic carbocycles. The van der Waals surface area contributed by atoms with Crippen molar-refractivity contribution in [3.05, 3.63) is 121 Å². The molecule has 7 heteroatoms. The van der Waals surface area contributed by atoms with Gasteiger partial charge >= 0.3 is 5.97 Å². The molecule has 1 aliphatic heterocycles. The van der Waals surface area contributed by atoms with Gasteiger partial charge in [-0.1, -0.05) is 72.0 Å². The summed E-state index contributed by atoms with van der Waals surface area (Å²) in [4.78, 5) is 32.7. The Labute approximate surface area is 241 Å². The number of aromatic nitrogens is 1. The van der Waals surface area contributed by atoms with E-state index in [2.05, 4.69) is 30.3 Å². The lowest BCUT2D eigenvalue weighted by molar-refractivity contribution is -0.139. The van der Waals surface area contributed by atoms with Gasteiger partial charge in [-0.15, -0.1) is 0 Å². The minimum atomic E-state index is -0.676. The van der Waals surface area contributed by atoms with Gasteiger partial charge in [0, 0.05) is 0 Å². The lowest BCUT2D eigenvalue weighted by Crippen LogP contribution is -2.39. The number of benzene rings is 4. The molecular weight excluding hydrogens is 532 g/mol. The number of allylic oxidation sites excluding steroid dienone is 1. The predicted octanol–water partition coefficient (Wildman–Crippen LogP) is 5.89. The highest BCUT2D eigenvalue weighted by molar-refractivity contribution is 7.07. The van der Waals surface area contributed by atoms with Gasteiger partial charge in [0.1, 0.15) is 5.75 Å². The maximum absolute atomic E-state index is 14.2. The summed E-state index contributed by atoms with van der Waals surface area (Å²) in [5.41, 5.74) is 2.46. The number of rotatable bonds is 6. The Morgan fingerprint density at radius 3 is 2.24 bits per heavy atom. The van der Waals surface area contributed by atoms with Crippen molar-refractivity contribution in [2.45, 2.75) is 39.8 Å². The van der Waals surface area contributed by atoms with Gasteiger partial charge in [-0.3, -0.25) is 9.36 Å². The number of hydrogen-bond donors (Lipinski definition) is 0. The molecule has 6 nitrogen and oxygen atoms in total. The number of thiazole rings is 1. The molecule has 2 heterocycles. The molecule has 6 rings (SSSR count). The van der Waals surface area contributed by atoms with Gasteiger partial charge in [-0.2, -0.15) is 0 Å². The van der Waals surface area contributed by atoms with Crippen LogP contribution in [0.3, 0.4) is 0 Å². The number of fused-ring (bicyclic) bond motifs is 3. The molecule has 1 aliphatic rings. The molecule has 0 N–H and O–H groups in total. The molecule has 5 aromatic rings. The summed E-state index contributed by atoms with van der Waals surface area (Å²) in [6, 6.07) is 25.4. The van der Waals surface area contributed by atoms with Crippen LogP contribution in [0.15, 0.2) is 99.9 Å². The quantitative estimate of drug-likeness (QED) is 0.191. The first-order chi connectivity index (χ1) is 19.9. The molecule has 0 bridgehead atoms. The molecule has 0 saturated carbocycles. The molecule has 1 aromatic heterocycles. The monoisotopic (exact) mass is 562 g/mol. The fraction of sp³-hybridized carbons (Fsp3) is 0.206. The summed E-state index contributed by atoms with van der Waals surface area (Å²) in [5, 5.41) is 4.34. The average molecular weight is 563 g/mol. The highest BCUT2D eigenvalue weighted by atomic mass is 32.1. The summed E-state index contributed by atoms with van der Waals surface area (Å²) in [6.45, 7) is 7.73. The van der Waals surface area contributed by atoms with Gasteiger partial charge in [0.2, 0.25) is 0 Å². The van der Waals surface area contributed by atoms with Crippen LogP contribution < -0.4 is 19.6 Å². The van der Waals surface area contributed by atoms with Crippen LogP contribution in [-0.4, -0.2) is 23.2 Å². The first kappa shape index (κ1) is 26.7. The lowest BCUT2D eigenvalue weighted by atomic mass is 9.95. The second-order valence-corrected chi connectivity index (χ2v) is 11.3. The number of ether oxygens (including phenoxy) is 2. The average Bonchev–Trinajstić information content (AvgIpc) is 3.26. The first-order valence-electron chi connectivity index (χ1n) is 13.7. The Bertz CT molecular complexity index is 1960. The number of carbonyl (C=O) groups is 1. The van der Waals surface area contributed by atoms with Crippen LogP contribution in [-0.2, 0) is 9.53 Å². The van der Waals surface area contributed by atoms with Gasteiger partial charge < -0.3 is 9.47 Å². The van der Waals surface area contributed by atoms with E-state index >= 15 is 0 Å². The van der Waals surface area contributed by atoms with E-state index in [9.17, 15) is 9.59 Å². The topological polar surface area (TPSA) is 69.9 Å². The highest BCUT2D eigenvalue weighted by Gasteiger charge is 2.33. The van der Waals surface area contributed by atoms with Crippen LogP contribution in [0.4, 0.5) is 0 Å². The first-order valence-corrected chi connectivity index (χ1v) is 14.5. The van der Waals surface area contributed by atoms with Gasteiger partial charge in [-0.25, -0.2) is 9.79 Å². The Kier molecular flexibility index (Phi) is 7.05. The Morgan fingerprint density at radius 1 is 1.00 bits per heavy atom. The van der Waals surface area contributed by atoms with E-state index in [0.29, 0.717) is 20.6 Å². The Balaban J connectivity index is 1.59. The van der Waals surface area contributed by atoms with Crippen molar-refractivity contribution in [3.8, 4) is 5.75 Å². The highest BCUT2D eigenvalue weighted by Crippen LogP contribution is 2.32. The van der Waals surface area contributed by atoms with E-state index in [1.54, 1.807) is 18.4 Å². The second-order valence-electron chi connectivity index (χ2n) is 10.3. The van der Waals surface area contributed by atoms with Crippen molar-refractivity contribution >= 4 is 44.9 Å². The van der Waals surface area contributed by atoms with Crippen molar-refractivity contribution in [2.24, 2.45) is 4.99 Å². The van der Waals surface area contributed by atoms with E-state index in [0.717, 1.165) is 38.4 Å². The van der Waals surface area contributed by atoms with Crippen LogP contribution in [0.2, 0.25) is 0 Å². The van der Waals surface area contributed by atoms with Gasteiger partial charge in [-0.05, 0) is 84.6 Å². The zero-order chi connectivity index (χ0) is 28.7. The second kappa shape index (κ2) is 10.8. The third-order valence-corrected chi connectivity index (χ3v) is 8.16. The molecule has 206 valence electrons. The minimum absolute atomic E-state index is 0.0286. The zero-order valence-corrected chi connectivity index (χ0v) is 24.2. The summed E-state index contributed by atoms with van der Waals surface area (Å²) in [7, 11) is 0. The van der Waals surface area contributed by atoms with Gasteiger partial charge in [0.05, 0.1) is 34.6 Å². The maximum Gasteiger partial charge on any atom is 0.338 e. The largest absolute Gasteiger partial charge is 0.491 e. The summed E-state index contributed by atoms with van der Waals surface area (Å²) in [5.74, 6) is 0.243. The van der Waals surface area contributed by atoms with E-state index < -0.39 is 12.0 Å². The van der Waals surface area contributed by atoms with E-state index in [1.165, 1.54) is 11.3 Å². The molecule has 0 fully saturated rings. The summed E-state index contributed by atoms with van der Waals surface area (Å²) < 4.78 is 13.4. The van der Waals surface area contributed by atoms with Crippen LogP contribution in [0.5, 0.6) is 5.75 Å². The fourth-order valence-corrected chi connectivity index (χ4v) is 6.47. The molecule has 0 unspecified atom stereocenters. The van der Waals surface area contributed by atoms with Crippen molar-refractivity contribution in [1.82, 2.24) is 4.57 Å². The van der Waals surface area contributed by atoms with Crippen molar-refractivity contribution in [3.63, 3.8) is 0 Å². The third-order valence-electron chi connectivity index (χ3n) is 7.17. The predicted molar refractivity (Wildman–Crippen MR) is 164 cm³/mol.